The molecule has 0 aliphatic carbocycles. The molecule has 0 aromatic carbocycles. The summed E-state index contributed by atoms with van der Waals surface area (Å²) in [6.07, 6.45) is 3.24. The average Bonchev–Trinajstić information content (AvgIpc) is 2.74. The van der Waals surface area contributed by atoms with Crippen molar-refractivity contribution in [3.05, 3.63) is 36.3 Å². The fourth-order valence-corrected chi connectivity index (χ4v) is 3.32. The zero-order chi connectivity index (χ0) is 13.4. The van der Waals surface area contributed by atoms with E-state index in [1.807, 2.05) is 6.92 Å². The first-order chi connectivity index (χ1) is 9.20. The molecule has 96 valence electrons. The highest BCUT2D eigenvalue weighted by atomic mass is 32.1. The largest absolute Gasteiger partial charge is 0.472 e. The van der Waals surface area contributed by atoms with Crippen LogP contribution >= 0.6 is 11.3 Å². The second-order valence-corrected chi connectivity index (χ2v) is 5.32. The molecule has 3 heterocycles. The zero-order valence-corrected chi connectivity index (χ0v) is 11.6. The summed E-state index contributed by atoms with van der Waals surface area (Å²) >= 11 is 1.57. The van der Waals surface area contributed by atoms with E-state index < -0.39 is 0 Å². The maximum atomic E-state index is 5.58. The Kier molecular flexibility index (Phi) is 2.91. The van der Waals surface area contributed by atoms with E-state index >= 15 is 0 Å². The summed E-state index contributed by atoms with van der Waals surface area (Å²) in [6.45, 7) is 8.16. The number of hydrogen-bond acceptors (Lipinski definition) is 5. The molecule has 0 radical (unpaired) electrons. The van der Waals surface area contributed by atoms with Gasteiger partial charge in [0, 0.05) is 11.1 Å². The van der Waals surface area contributed by atoms with Crippen molar-refractivity contribution in [3.8, 4) is 5.88 Å². The van der Waals surface area contributed by atoms with Crippen LogP contribution in [0.2, 0.25) is 0 Å². The number of nitrogens with zero attached hydrogens (tertiary/aromatic N) is 3. The third-order valence-corrected chi connectivity index (χ3v) is 3.92. The van der Waals surface area contributed by atoms with E-state index in [0.717, 1.165) is 26.1 Å². The van der Waals surface area contributed by atoms with Gasteiger partial charge in [-0.05, 0) is 25.5 Å². The van der Waals surface area contributed by atoms with Crippen LogP contribution in [-0.4, -0.2) is 21.6 Å². The molecule has 5 heteroatoms. The highest BCUT2D eigenvalue weighted by Crippen LogP contribution is 2.37. The topological polar surface area (TPSA) is 47.9 Å². The Morgan fingerprint density at radius 1 is 1.37 bits per heavy atom. The Hall–Kier alpha value is -2.01. The molecular weight excluding hydrogens is 258 g/mol. The van der Waals surface area contributed by atoms with Crippen molar-refractivity contribution in [3.63, 3.8) is 0 Å². The van der Waals surface area contributed by atoms with Crippen molar-refractivity contribution in [2.75, 3.05) is 6.61 Å². The predicted molar refractivity (Wildman–Crippen MR) is 77.9 cm³/mol. The van der Waals surface area contributed by atoms with Gasteiger partial charge in [0.15, 0.2) is 0 Å². The van der Waals surface area contributed by atoms with Crippen molar-refractivity contribution in [1.82, 2.24) is 15.0 Å². The zero-order valence-electron chi connectivity index (χ0n) is 10.8. The Balaban J connectivity index is 2.33. The molecule has 0 aliphatic rings. The van der Waals surface area contributed by atoms with Crippen LogP contribution < -0.4 is 4.74 Å². The number of thiophene rings is 1. The van der Waals surface area contributed by atoms with E-state index in [9.17, 15) is 0 Å². The third-order valence-electron chi connectivity index (χ3n) is 2.86. The first-order valence-corrected chi connectivity index (χ1v) is 6.77. The van der Waals surface area contributed by atoms with E-state index in [1.165, 1.54) is 11.9 Å². The van der Waals surface area contributed by atoms with Gasteiger partial charge in [0.25, 0.3) is 0 Å². The third kappa shape index (κ3) is 1.96. The second-order valence-electron chi connectivity index (χ2n) is 4.32. The van der Waals surface area contributed by atoms with Crippen LogP contribution in [0.3, 0.4) is 0 Å². The minimum atomic E-state index is 0.436. The molecule has 0 aliphatic heterocycles. The Bertz CT molecular complexity index is 779. The molecular formula is C14H13N3OS. The molecule has 0 saturated heterocycles. The number of aryl methyl sites for hydroxylation is 2. The van der Waals surface area contributed by atoms with Crippen LogP contribution in [-0.2, 0) is 0 Å². The van der Waals surface area contributed by atoms with E-state index in [-0.39, 0.29) is 0 Å². The quantitative estimate of drug-likeness (QED) is 0.685. The summed E-state index contributed by atoms with van der Waals surface area (Å²) in [7, 11) is 0. The Labute approximate surface area is 114 Å². The average molecular weight is 271 g/mol. The molecule has 4 nitrogen and oxygen atoms in total. The molecule has 0 amide bonds. The van der Waals surface area contributed by atoms with Gasteiger partial charge >= 0.3 is 0 Å². The highest BCUT2D eigenvalue weighted by molar-refractivity contribution is 7.25. The molecule has 0 spiro atoms. The molecule has 0 saturated carbocycles. The number of aromatic nitrogens is 3. The van der Waals surface area contributed by atoms with Crippen LogP contribution in [0.15, 0.2) is 25.0 Å². The molecule has 0 N–H and O–H groups in total. The second kappa shape index (κ2) is 4.59. The van der Waals surface area contributed by atoms with Gasteiger partial charge in [-0.25, -0.2) is 15.0 Å². The minimum Gasteiger partial charge on any atom is -0.472 e. The van der Waals surface area contributed by atoms with Crippen molar-refractivity contribution in [2.24, 2.45) is 0 Å². The summed E-state index contributed by atoms with van der Waals surface area (Å²) in [5, 5.41) is 1.09. The maximum absolute atomic E-state index is 5.58. The van der Waals surface area contributed by atoms with Crippen LogP contribution in [0.4, 0.5) is 0 Å². The summed E-state index contributed by atoms with van der Waals surface area (Å²) in [5.74, 6) is 0.602. The summed E-state index contributed by atoms with van der Waals surface area (Å²) in [4.78, 5) is 14.1. The van der Waals surface area contributed by atoms with Gasteiger partial charge in [0.05, 0.1) is 5.52 Å². The molecule has 0 unspecified atom stereocenters. The van der Waals surface area contributed by atoms with Crippen molar-refractivity contribution < 1.29 is 4.74 Å². The van der Waals surface area contributed by atoms with Crippen molar-refractivity contribution in [2.45, 2.75) is 13.8 Å². The highest BCUT2D eigenvalue weighted by Gasteiger charge is 2.14. The monoisotopic (exact) mass is 271 g/mol. The van der Waals surface area contributed by atoms with Crippen molar-refractivity contribution >= 4 is 31.8 Å². The molecule has 3 aromatic rings. The van der Waals surface area contributed by atoms with E-state index in [0.29, 0.717) is 12.5 Å². The van der Waals surface area contributed by atoms with Gasteiger partial charge in [-0.3, -0.25) is 0 Å². The van der Waals surface area contributed by atoms with Crippen LogP contribution in [0, 0.1) is 13.8 Å². The number of ether oxygens (including phenoxy) is 1. The normalized spacial score (nSPS) is 11.1. The smallest absolute Gasteiger partial charge is 0.235 e. The van der Waals surface area contributed by atoms with Gasteiger partial charge in [-0.1, -0.05) is 12.7 Å². The lowest BCUT2D eigenvalue weighted by atomic mass is 10.1. The van der Waals surface area contributed by atoms with E-state index in [2.05, 4.69) is 34.5 Å². The summed E-state index contributed by atoms with van der Waals surface area (Å²) in [5.41, 5.74) is 3.11. The SMILES string of the molecule is C=CCOc1ncnc2c1sc1nc(C)cc(C)c12. The molecule has 0 fully saturated rings. The van der Waals surface area contributed by atoms with Crippen LogP contribution in [0.25, 0.3) is 20.4 Å². The number of fused-ring (bicyclic) bond motifs is 3. The first kappa shape index (κ1) is 12.0. The van der Waals surface area contributed by atoms with Crippen LogP contribution in [0.1, 0.15) is 11.3 Å². The first-order valence-electron chi connectivity index (χ1n) is 5.96. The Morgan fingerprint density at radius 2 is 2.21 bits per heavy atom. The molecule has 19 heavy (non-hydrogen) atoms. The lowest BCUT2D eigenvalue weighted by molar-refractivity contribution is 0.353. The van der Waals surface area contributed by atoms with E-state index in [1.54, 1.807) is 17.4 Å². The fourth-order valence-electron chi connectivity index (χ4n) is 2.13. The van der Waals surface area contributed by atoms with Gasteiger partial charge in [-0.2, -0.15) is 0 Å². The molecule has 0 bridgehead atoms. The van der Waals surface area contributed by atoms with Gasteiger partial charge < -0.3 is 4.74 Å². The summed E-state index contributed by atoms with van der Waals surface area (Å²) in [6, 6.07) is 2.07. The maximum Gasteiger partial charge on any atom is 0.235 e. The van der Waals surface area contributed by atoms with Gasteiger partial charge in [-0.15, -0.1) is 11.3 Å². The fraction of sp³-hybridized carbons (Fsp3) is 0.214. The molecule has 3 aromatic heterocycles. The van der Waals surface area contributed by atoms with Crippen molar-refractivity contribution in [1.29, 1.82) is 0 Å². The number of hydrogen-bond donors (Lipinski definition) is 0. The molecule has 3 rings (SSSR count). The van der Waals surface area contributed by atoms with Gasteiger partial charge in [0.1, 0.15) is 22.5 Å². The van der Waals surface area contributed by atoms with E-state index in [4.69, 9.17) is 4.74 Å². The predicted octanol–water partition coefficient (Wildman–Crippen LogP) is 3.42. The summed E-state index contributed by atoms with van der Waals surface area (Å²) < 4.78 is 6.53. The minimum absolute atomic E-state index is 0.436. The van der Waals surface area contributed by atoms with Gasteiger partial charge in [0.2, 0.25) is 5.88 Å². The lowest BCUT2D eigenvalue weighted by Crippen LogP contribution is -1.95. The molecule has 0 atom stereocenters. The lowest BCUT2D eigenvalue weighted by Gasteiger charge is -2.02. The van der Waals surface area contributed by atoms with Crippen LogP contribution in [0.5, 0.6) is 5.88 Å². The number of pyridine rings is 1. The standard InChI is InChI=1S/C14H13N3OS/c1-4-5-18-13-12-11(15-7-16-13)10-8(2)6-9(3)17-14(10)19-12/h4,6-7H,1,5H2,2-3H3. The Morgan fingerprint density at radius 3 is 3.00 bits per heavy atom. The number of rotatable bonds is 3.